The van der Waals surface area contributed by atoms with E-state index in [9.17, 15) is 0 Å². The molecule has 72 valence electrons. The van der Waals surface area contributed by atoms with Crippen molar-refractivity contribution in [1.82, 2.24) is 4.98 Å². The number of nitrogens with one attached hydrogen (secondary N) is 1. The van der Waals surface area contributed by atoms with Crippen molar-refractivity contribution in [3.05, 3.63) is 22.8 Å². The molecule has 0 aromatic carbocycles. The number of aromatic nitrogens is 1. The van der Waals surface area contributed by atoms with E-state index in [4.69, 9.17) is 5.73 Å². The molecule has 0 radical (unpaired) electrons. The van der Waals surface area contributed by atoms with E-state index in [2.05, 4.69) is 33.2 Å². The van der Waals surface area contributed by atoms with E-state index in [1.807, 2.05) is 12.1 Å². The topological polar surface area (TPSA) is 50.9 Å². The Morgan fingerprint density at radius 1 is 1.69 bits per heavy atom. The zero-order valence-electron chi connectivity index (χ0n) is 7.63. The SMILES string of the molecule is CC(CCN)Nc1ncccc1Br. The van der Waals surface area contributed by atoms with E-state index in [0.717, 1.165) is 16.7 Å². The lowest BCUT2D eigenvalue weighted by Gasteiger charge is -2.13. The number of halogens is 1. The molecule has 1 atom stereocenters. The number of pyridine rings is 1. The second-order valence-electron chi connectivity index (χ2n) is 2.96. The molecule has 0 aliphatic carbocycles. The van der Waals surface area contributed by atoms with Crippen LogP contribution in [0.5, 0.6) is 0 Å². The number of anilines is 1. The number of hydrogen-bond donors (Lipinski definition) is 2. The van der Waals surface area contributed by atoms with E-state index in [0.29, 0.717) is 12.6 Å². The Balaban J connectivity index is 2.58. The average molecular weight is 244 g/mol. The molecule has 0 fully saturated rings. The third-order valence-electron chi connectivity index (χ3n) is 1.74. The van der Waals surface area contributed by atoms with Crippen LogP contribution in [0.15, 0.2) is 22.8 Å². The maximum atomic E-state index is 5.45. The van der Waals surface area contributed by atoms with Crippen molar-refractivity contribution in [2.24, 2.45) is 5.73 Å². The summed E-state index contributed by atoms with van der Waals surface area (Å²) in [7, 11) is 0. The molecule has 3 nitrogen and oxygen atoms in total. The molecule has 4 heteroatoms. The highest BCUT2D eigenvalue weighted by molar-refractivity contribution is 9.10. The summed E-state index contributed by atoms with van der Waals surface area (Å²) in [5.41, 5.74) is 5.45. The summed E-state index contributed by atoms with van der Waals surface area (Å²) in [4.78, 5) is 4.20. The second kappa shape index (κ2) is 5.19. The molecule has 1 unspecified atom stereocenters. The van der Waals surface area contributed by atoms with Gasteiger partial charge in [0.2, 0.25) is 0 Å². The molecular formula is C9H14BrN3. The van der Waals surface area contributed by atoms with Crippen LogP contribution < -0.4 is 11.1 Å². The lowest BCUT2D eigenvalue weighted by Crippen LogP contribution is -2.20. The zero-order valence-corrected chi connectivity index (χ0v) is 9.21. The summed E-state index contributed by atoms with van der Waals surface area (Å²) in [5, 5.41) is 3.27. The molecule has 1 heterocycles. The number of nitrogens with zero attached hydrogens (tertiary/aromatic N) is 1. The van der Waals surface area contributed by atoms with Gasteiger partial charge < -0.3 is 11.1 Å². The van der Waals surface area contributed by atoms with E-state index >= 15 is 0 Å². The fraction of sp³-hybridized carbons (Fsp3) is 0.444. The molecule has 3 N–H and O–H groups in total. The van der Waals surface area contributed by atoms with Gasteiger partial charge in [0.25, 0.3) is 0 Å². The van der Waals surface area contributed by atoms with Crippen molar-refractivity contribution >= 4 is 21.7 Å². The normalized spacial score (nSPS) is 12.5. The van der Waals surface area contributed by atoms with Crippen molar-refractivity contribution in [2.75, 3.05) is 11.9 Å². The monoisotopic (exact) mass is 243 g/mol. The van der Waals surface area contributed by atoms with Crippen LogP contribution in [-0.2, 0) is 0 Å². The van der Waals surface area contributed by atoms with Crippen LogP contribution in [0.2, 0.25) is 0 Å². The first-order chi connectivity index (χ1) is 6.24. The third-order valence-corrected chi connectivity index (χ3v) is 2.38. The van der Waals surface area contributed by atoms with Gasteiger partial charge in [-0.3, -0.25) is 0 Å². The quantitative estimate of drug-likeness (QED) is 0.851. The highest BCUT2D eigenvalue weighted by Crippen LogP contribution is 2.19. The van der Waals surface area contributed by atoms with Crippen molar-refractivity contribution in [3.63, 3.8) is 0 Å². The minimum absolute atomic E-state index is 0.358. The van der Waals surface area contributed by atoms with Gasteiger partial charge in [0.05, 0.1) is 4.47 Å². The fourth-order valence-corrected chi connectivity index (χ4v) is 1.42. The number of hydrogen-bond acceptors (Lipinski definition) is 3. The molecule has 0 saturated carbocycles. The first-order valence-corrected chi connectivity index (χ1v) is 5.10. The summed E-state index contributed by atoms with van der Waals surface area (Å²) < 4.78 is 0.985. The largest absolute Gasteiger partial charge is 0.367 e. The second-order valence-corrected chi connectivity index (χ2v) is 3.81. The maximum Gasteiger partial charge on any atom is 0.140 e. The molecule has 1 aromatic heterocycles. The van der Waals surface area contributed by atoms with Crippen LogP contribution in [0.1, 0.15) is 13.3 Å². The summed E-state index contributed by atoms with van der Waals surface area (Å²) in [6.45, 7) is 2.78. The van der Waals surface area contributed by atoms with E-state index in [1.54, 1.807) is 6.20 Å². The Hall–Kier alpha value is -0.610. The van der Waals surface area contributed by atoms with Crippen molar-refractivity contribution in [3.8, 4) is 0 Å². The van der Waals surface area contributed by atoms with E-state index < -0.39 is 0 Å². The molecule has 0 spiro atoms. The van der Waals surface area contributed by atoms with Gasteiger partial charge in [0.1, 0.15) is 5.82 Å². The minimum Gasteiger partial charge on any atom is -0.367 e. The Morgan fingerprint density at radius 2 is 2.46 bits per heavy atom. The molecule has 0 aliphatic heterocycles. The first kappa shape index (κ1) is 10.5. The Bertz CT molecular complexity index is 265. The van der Waals surface area contributed by atoms with Crippen LogP contribution in [0.25, 0.3) is 0 Å². The Kier molecular flexibility index (Phi) is 4.18. The van der Waals surface area contributed by atoms with Gasteiger partial charge in [0.15, 0.2) is 0 Å². The van der Waals surface area contributed by atoms with Gasteiger partial charge in [-0.25, -0.2) is 4.98 Å². The lowest BCUT2D eigenvalue weighted by molar-refractivity contribution is 0.713. The molecule has 0 amide bonds. The van der Waals surface area contributed by atoms with Crippen molar-refractivity contribution in [1.29, 1.82) is 0 Å². The summed E-state index contributed by atoms with van der Waals surface area (Å²) >= 11 is 3.42. The highest BCUT2D eigenvalue weighted by atomic mass is 79.9. The maximum absolute atomic E-state index is 5.45. The van der Waals surface area contributed by atoms with Crippen LogP contribution in [0, 0.1) is 0 Å². The smallest absolute Gasteiger partial charge is 0.140 e. The van der Waals surface area contributed by atoms with Crippen LogP contribution >= 0.6 is 15.9 Å². The summed E-state index contributed by atoms with van der Waals surface area (Å²) in [6, 6.07) is 4.21. The van der Waals surface area contributed by atoms with Gasteiger partial charge in [-0.05, 0) is 48.0 Å². The van der Waals surface area contributed by atoms with Crippen LogP contribution in [-0.4, -0.2) is 17.6 Å². The average Bonchev–Trinajstić information content (AvgIpc) is 2.09. The van der Waals surface area contributed by atoms with Crippen LogP contribution in [0.3, 0.4) is 0 Å². The standard InChI is InChI=1S/C9H14BrN3/c1-7(4-5-11)13-9-8(10)3-2-6-12-9/h2-3,6-7H,4-5,11H2,1H3,(H,12,13). The van der Waals surface area contributed by atoms with Crippen LogP contribution in [0.4, 0.5) is 5.82 Å². The molecule has 0 saturated heterocycles. The van der Waals surface area contributed by atoms with Gasteiger partial charge >= 0.3 is 0 Å². The fourth-order valence-electron chi connectivity index (χ4n) is 1.05. The third kappa shape index (κ3) is 3.32. The predicted octanol–water partition coefficient (Wildman–Crippen LogP) is 1.99. The van der Waals surface area contributed by atoms with Gasteiger partial charge in [-0.15, -0.1) is 0 Å². The lowest BCUT2D eigenvalue weighted by atomic mass is 10.2. The Labute approximate surface area is 86.9 Å². The predicted molar refractivity (Wildman–Crippen MR) is 58.7 cm³/mol. The Morgan fingerprint density at radius 3 is 3.08 bits per heavy atom. The van der Waals surface area contributed by atoms with Crippen molar-refractivity contribution < 1.29 is 0 Å². The van der Waals surface area contributed by atoms with Gasteiger partial charge in [-0.2, -0.15) is 0 Å². The molecule has 0 bridgehead atoms. The summed E-state index contributed by atoms with van der Waals surface area (Å²) in [6.07, 6.45) is 2.71. The zero-order chi connectivity index (χ0) is 9.68. The van der Waals surface area contributed by atoms with E-state index in [-0.39, 0.29) is 0 Å². The molecule has 1 aromatic rings. The molecule has 13 heavy (non-hydrogen) atoms. The molecular weight excluding hydrogens is 230 g/mol. The highest BCUT2D eigenvalue weighted by Gasteiger charge is 2.03. The minimum atomic E-state index is 0.358. The number of nitrogens with two attached hydrogens (primary N) is 1. The van der Waals surface area contributed by atoms with Gasteiger partial charge in [-0.1, -0.05) is 0 Å². The van der Waals surface area contributed by atoms with Gasteiger partial charge in [0, 0.05) is 12.2 Å². The number of rotatable bonds is 4. The first-order valence-electron chi connectivity index (χ1n) is 4.31. The van der Waals surface area contributed by atoms with E-state index in [1.165, 1.54) is 0 Å². The molecule has 1 rings (SSSR count). The van der Waals surface area contributed by atoms with Crippen molar-refractivity contribution in [2.45, 2.75) is 19.4 Å². The summed E-state index contributed by atoms with van der Waals surface area (Å²) in [5.74, 6) is 0.878. The molecule has 0 aliphatic rings.